The van der Waals surface area contributed by atoms with Gasteiger partial charge in [0.1, 0.15) is 11.4 Å². The van der Waals surface area contributed by atoms with Crippen LogP contribution in [0.4, 0.5) is 13.2 Å². The number of aliphatic hydroxyl groups is 1. The second-order valence-corrected chi connectivity index (χ2v) is 8.40. The lowest BCUT2D eigenvalue weighted by molar-refractivity contribution is -0.143. The van der Waals surface area contributed by atoms with Crippen molar-refractivity contribution in [3.05, 3.63) is 82.1 Å². The number of carbonyl (C=O) groups is 1. The van der Waals surface area contributed by atoms with Crippen LogP contribution in [0, 0.1) is 6.92 Å². The minimum absolute atomic E-state index is 0.0150. The van der Waals surface area contributed by atoms with Gasteiger partial charge in [-0.05, 0) is 42.2 Å². The molecule has 2 heterocycles. The number of alkyl halides is 3. The molecule has 3 aromatic rings. The molecule has 2 aromatic carbocycles. The zero-order chi connectivity index (χ0) is 23.0. The number of likely N-dealkylation sites (tertiary alicyclic amines) is 1. The number of rotatable bonds is 4. The smallest absolute Gasteiger partial charge is 0.391 e. The SMILES string of the molecule is Cc1c(-c2ccc(Cl)cc2)c(C(=O)N2CCC(O)C2)n(Cc2ccccc2)c1C(F)(F)F. The van der Waals surface area contributed by atoms with E-state index in [2.05, 4.69) is 0 Å². The largest absolute Gasteiger partial charge is 0.431 e. The first-order valence-electron chi connectivity index (χ1n) is 10.2. The number of halogens is 4. The lowest BCUT2D eigenvalue weighted by Gasteiger charge is -2.20. The summed E-state index contributed by atoms with van der Waals surface area (Å²) in [5, 5.41) is 10.4. The predicted octanol–water partition coefficient (Wildman–Crippen LogP) is 5.39. The van der Waals surface area contributed by atoms with E-state index in [4.69, 9.17) is 11.6 Å². The Hall–Kier alpha value is -2.77. The van der Waals surface area contributed by atoms with Crippen molar-refractivity contribution >= 4 is 17.5 Å². The molecule has 32 heavy (non-hydrogen) atoms. The van der Waals surface area contributed by atoms with Crippen molar-refractivity contribution in [2.75, 3.05) is 13.1 Å². The Labute approximate surface area is 188 Å². The van der Waals surface area contributed by atoms with E-state index in [1.165, 1.54) is 11.8 Å². The molecule has 1 N–H and O–H groups in total. The first kappa shape index (κ1) is 22.4. The van der Waals surface area contributed by atoms with Crippen molar-refractivity contribution in [1.82, 2.24) is 9.47 Å². The number of nitrogens with zero attached hydrogens (tertiary/aromatic N) is 2. The molecular formula is C24H22ClF3N2O2. The summed E-state index contributed by atoms with van der Waals surface area (Å²) in [6.07, 6.45) is -4.95. The van der Waals surface area contributed by atoms with Gasteiger partial charge in [0, 0.05) is 30.2 Å². The lowest BCUT2D eigenvalue weighted by atomic mass is 10.00. The molecule has 1 unspecified atom stereocenters. The molecule has 1 amide bonds. The van der Waals surface area contributed by atoms with Gasteiger partial charge in [0.25, 0.3) is 5.91 Å². The topological polar surface area (TPSA) is 45.5 Å². The summed E-state index contributed by atoms with van der Waals surface area (Å²) >= 11 is 5.99. The van der Waals surface area contributed by atoms with Gasteiger partial charge in [-0.25, -0.2) is 0 Å². The Kier molecular flexibility index (Phi) is 6.05. The Bertz CT molecular complexity index is 1120. The van der Waals surface area contributed by atoms with E-state index in [1.54, 1.807) is 54.6 Å². The summed E-state index contributed by atoms with van der Waals surface area (Å²) in [5.74, 6) is -0.527. The van der Waals surface area contributed by atoms with Crippen LogP contribution >= 0.6 is 11.6 Å². The number of β-amino-alcohol motifs (C(OH)–C–C–N with tert-alkyl or cyclic N) is 1. The maximum absolute atomic E-state index is 14.3. The number of amides is 1. The Morgan fingerprint density at radius 2 is 1.78 bits per heavy atom. The fourth-order valence-electron chi connectivity index (χ4n) is 4.30. The summed E-state index contributed by atoms with van der Waals surface area (Å²) in [6.45, 7) is 1.66. The third kappa shape index (κ3) is 4.27. The van der Waals surface area contributed by atoms with Gasteiger partial charge in [-0.3, -0.25) is 4.79 Å². The van der Waals surface area contributed by atoms with E-state index in [1.807, 2.05) is 0 Å². The maximum atomic E-state index is 14.3. The molecule has 0 bridgehead atoms. The lowest BCUT2D eigenvalue weighted by Crippen LogP contribution is -2.32. The molecule has 1 fully saturated rings. The third-order valence-electron chi connectivity index (χ3n) is 5.74. The van der Waals surface area contributed by atoms with Crippen LogP contribution < -0.4 is 0 Å². The second kappa shape index (κ2) is 8.64. The molecule has 1 aromatic heterocycles. The number of carbonyl (C=O) groups excluding carboxylic acids is 1. The number of hydrogen-bond donors (Lipinski definition) is 1. The minimum Gasteiger partial charge on any atom is -0.391 e. The second-order valence-electron chi connectivity index (χ2n) is 7.97. The molecule has 1 aliphatic rings. The highest BCUT2D eigenvalue weighted by Gasteiger charge is 2.42. The Morgan fingerprint density at radius 1 is 1.12 bits per heavy atom. The van der Waals surface area contributed by atoms with Crippen molar-refractivity contribution in [3.63, 3.8) is 0 Å². The monoisotopic (exact) mass is 462 g/mol. The van der Waals surface area contributed by atoms with Gasteiger partial charge in [0.05, 0.1) is 6.10 Å². The van der Waals surface area contributed by atoms with Crippen LogP contribution in [0.3, 0.4) is 0 Å². The van der Waals surface area contributed by atoms with E-state index in [-0.39, 0.29) is 36.5 Å². The predicted molar refractivity (Wildman–Crippen MR) is 117 cm³/mol. The van der Waals surface area contributed by atoms with Gasteiger partial charge in [0.2, 0.25) is 0 Å². The summed E-state index contributed by atoms with van der Waals surface area (Å²) < 4.78 is 43.9. The molecule has 0 aliphatic carbocycles. The Morgan fingerprint density at radius 3 is 2.34 bits per heavy atom. The number of benzene rings is 2. The summed E-state index contributed by atoms with van der Waals surface area (Å²) in [6, 6.07) is 15.1. The molecule has 0 spiro atoms. The molecule has 1 atom stereocenters. The highest BCUT2D eigenvalue weighted by molar-refractivity contribution is 6.30. The highest BCUT2D eigenvalue weighted by atomic mass is 35.5. The number of hydrogen-bond acceptors (Lipinski definition) is 2. The molecule has 1 aliphatic heterocycles. The van der Waals surface area contributed by atoms with Crippen LogP contribution in [0.1, 0.15) is 33.7 Å². The number of aromatic nitrogens is 1. The van der Waals surface area contributed by atoms with Gasteiger partial charge < -0.3 is 14.6 Å². The maximum Gasteiger partial charge on any atom is 0.431 e. The fraction of sp³-hybridized carbons (Fsp3) is 0.292. The van der Waals surface area contributed by atoms with Gasteiger partial charge in [0.15, 0.2) is 0 Å². The quantitative estimate of drug-likeness (QED) is 0.565. The molecule has 4 rings (SSSR count). The minimum atomic E-state index is -4.66. The van der Waals surface area contributed by atoms with Gasteiger partial charge in [-0.15, -0.1) is 0 Å². The van der Waals surface area contributed by atoms with Gasteiger partial charge in [-0.2, -0.15) is 13.2 Å². The van der Waals surface area contributed by atoms with Crippen molar-refractivity contribution in [2.24, 2.45) is 0 Å². The van der Waals surface area contributed by atoms with Gasteiger partial charge in [-0.1, -0.05) is 54.1 Å². The molecule has 1 saturated heterocycles. The van der Waals surface area contributed by atoms with E-state index >= 15 is 0 Å². The van der Waals surface area contributed by atoms with E-state index in [9.17, 15) is 23.1 Å². The molecule has 0 radical (unpaired) electrons. The molecule has 0 saturated carbocycles. The van der Waals surface area contributed by atoms with Crippen LogP contribution in [0.25, 0.3) is 11.1 Å². The van der Waals surface area contributed by atoms with Crippen LogP contribution in [0.15, 0.2) is 54.6 Å². The van der Waals surface area contributed by atoms with Crippen LogP contribution in [0.5, 0.6) is 0 Å². The summed E-state index contributed by atoms with van der Waals surface area (Å²) in [7, 11) is 0. The number of aliphatic hydroxyl groups excluding tert-OH is 1. The van der Waals surface area contributed by atoms with Crippen molar-refractivity contribution < 1.29 is 23.1 Å². The van der Waals surface area contributed by atoms with Gasteiger partial charge >= 0.3 is 6.18 Å². The van der Waals surface area contributed by atoms with E-state index in [0.717, 1.165) is 4.57 Å². The highest BCUT2D eigenvalue weighted by Crippen LogP contribution is 2.42. The Balaban J connectivity index is 1.97. The average molecular weight is 463 g/mol. The van der Waals surface area contributed by atoms with E-state index in [0.29, 0.717) is 22.6 Å². The molecular weight excluding hydrogens is 441 g/mol. The zero-order valence-electron chi connectivity index (χ0n) is 17.4. The zero-order valence-corrected chi connectivity index (χ0v) is 18.1. The van der Waals surface area contributed by atoms with Crippen molar-refractivity contribution in [2.45, 2.75) is 32.2 Å². The fourth-order valence-corrected chi connectivity index (χ4v) is 4.43. The van der Waals surface area contributed by atoms with Crippen LogP contribution in [0.2, 0.25) is 5.02 Å². The summed E-state index contributed by atoms with van der Waals surface area (Å²) in [5.41, 5.74) is 0.457. The van der Waals surface area contributed by atoms with Crippen LogP contribution in [-0.4, -0.2) is 39.7 Å². The molecule has 8 heteroatoms. The van der Waals surface area contributed by atoms with Crippen LogP contribution in [-0.2, 0) is 12.7 Å². The first-order chi connectivity index (χ1) is 15.2. The normalized spacial score (nSPS) is 16.6. The van der Waals surface area contributed by atoms with E-state index < -0.39 is 23.9 Å². The first-order valence-corrected chi connectivity index (χ1v) is 10.6. The van der Waals surface area contributed by atoms with Crippen molar-refractivity contribution in [3.8, 4) is 11.1 Å². The average Bonchev–Trinajstić information content (AvgIpc) is 3.30. The van der Waals surface area contributed by atoms with Crippen molar-refractivity contribution in [1.29, 1.82) is 0 Å². The third-order valence-corrected chi connectivity index (χ3v) is 6.00. The molecule has 168 valence electrons. The standard InChI is InChI=1S/C24H22ClF3N2O2/c1-15-20(17-7-9-18(25)10-8-17)21(23(32)29-12-11-19(31)14-29)30(22(15)24(26,27)28)13-16-5-3-2-4-6-16/h2-10,19,31H,11-14H2,1H3. The molecule has 4 nitrogen and oxygen atoms in total. The summed E-state index contributed by atoms with van der Waals surface area (Å²) in [4.78, 5) is 15.0.